The zero-order chi connectivity index (χ0) is 11.5. The molecule has 0 aromatic heterocycles. The van der Waals surface area contributed by atoms with E-state index in [-0.39, 0.29) is 5.97 Å². The van der Waals surface area contributed by atoms with Crippen LogP contribution in [0.5, 0.6) is 0 Å². The first kappa shape index (κ1) is 10.8. The summed E-state index contributed by atoms with van der Waals surface area (Å²) in [6.07, 6.45) is 2.55. The maximum atomic E-state index is 11.5. The van der Waals surface area contributed by atoms with E-state index in [0.717, 1.165) is 18.2 Å². The minimum Gasteiger partial charge on any atom is -0.465 e. The molecule has 1 aliphatic carbocycles. The van der Waals surface area contributed by atoms with Crippen LogP contribution in [-0.2, 0) is 4.74 Å². The van der Waals surface area contributed by atoms with Gasteiger partial charge in [-0.05, 0) is 37.0 Å². The molecule has 4 nitrogen and oxygen atoms in total. The van der Waals surface area contributed by atoms with Crippen molar-refractivity contribution in [3.05, 3.63) is 23.8 Å². The zero-order valence-corrected chi connectivity index (χ0v) is 9.32. The summed E-state index contributed by atoms with van der Waals surface area (Å²) in [5.74, 6) is 0.397. The van der Waals surface area contributed by atoms with Crippen molar-refractivity contribution in [3.8, 4) is 0 Å². The van der Waals surface area contributed by atoms with Crippen molar-refractivity contribution < 1.29 is 9.53 Å². The number of carbonyl (C=O) groups is 1. The number of methoxy groups -OCH3 is 1. The van der Waals surface area contributed by atoms with Gasteiger partial charge in [-0.25, -0.2) is 4.79 Å². The molecule has 4 heteroatoms. The van der Waals surface area contributed by atoms with Crippen LogP contribution >= 0.6 is 0 Å². The molecule has 3 N–H and O–H groups in total. The zero-order valence-electron chi connectivity index (χ0n) is 9.32. The van der Waals surface area contributed by atoms with Crippen molar-refractivity contribution in [2.45, 2.75) is 12.8 Å². The molecule has 1 aromatic rings. The van der Waals surface area contributed by atoms with Crippen LogP contribution in [0, 0.1) is 5.92 Å². The fourth-order valence-electron chi connectivity index (χ4n) is 1.57. The monoisotopic (exact) mass is 220 g/mol. The molecule has 0 aliphatic heterocycles. The lowest BCUT2D eigenvalue weighted by molar-refractivity contribution is 0.0602. The van der Waals surface area contributed by atoms with E-state index < -0.39 is 0 Å². The third-order valence-corrected chi connectivity index (χ3v) is 2.73. The summed E-state index contributed by atoms with van der Waals surface area (Å²) in [5.41, 5.74) is 7.52. The largest absolute Gasteiger partial charge is 0.465 e. The van der Waals surface area contributed by atoms with Crippen molar-refractivity contribution >= 4 is 17.3 Å². The SMILES string of the molecule is COC(=O)c1cc(N)ccc1NCC1CC1. The number of esters is 1. The maximum Gasteiger partial charge on any atom is 0.340 e. The average molecular weight is 220 g/mol. The van der Waals surface area contributed by atoms with Crippen molar-refractivity contribution in [2.75, 3.05) is 24.7 Å². The number of nitrogens with two attached hydrogens (primary N) is 1. The van der Waals surface area contributed by atoms with Gasteiger partial charge in [-0.3, -0.25) is 0 Å². The van der Waals surface area contributed by atoms with Gasteiger partial charge in [-0.15, -0.1) is 0 Å². The Morgan fingerprint density at radius 2 is 2.31 bits per heavy atom. The Morgan fingerprint density at radius 3 is 2.94 bits per heavy atom. The van der Waals surface area contributed by atoms with Crippen LogP contribution in [0.25, 0.3) is 0 Å². The van der Waals surface area contributed by atoms with Gasteiger partial charge in [0.05, 0.1) is 12.7 Å². The van der Waals surface area contributed by atoms with Crippen molar-refractivity contribution in [2.24, 2.45) is 5.92 Å². The number of benzene rings is 1. The number of carbonyl (C=O) groups excluding carboxylic acids is 1. The molecule has 1 aromatic carbocycles. The summed E-state index contributed by atoms with van der Waals surface area (Å²) in [6, 6.07) is 5.24. The first-order chi connectivity index (χ1) is 7.70. The Kier molecular flexibility index (Phi) is 2.99. The highest BCUT2D eigenvalue weighted by Crippen LogP contribution is 2.29. The predicted octanol–water partition coefficient (Wildman–Crippen LogP) is 1.88. The quantitative estimate of drug-likeness (QED) is 0.600. The second-order valence-corrected chi connectivity index (χ2v) is 4.12. The molecule has 0 atom stereocenters. The van der Waals surface area contributed by atoms with Crippen molar-refractivity contribution in [1.29, 1.82) is 0 Å². The molecule has 16 heavy (non-hydrogen) atoms. The van der Waals surface area contributed by atoms with Crippen molar-refractivity contribution in [1.82, 2.24) is 0 Å². The summed E-state index contributed by atoms with van der Waals surface area (Å²) in [7, 11) is 1.37. The van der Waals surface area contributed by atoms with Crippen LogP contribution in [0.1, 0.15) is 23.2 Å². The van der Waals surface area contributed by atoms with Gasteiger partial charge in [-0.2, -0.15) is 0 Å². The molecule has 1 fully saturated rings. The van der Waals surface area contributed by atoms with Crippen LogP contribution in [0.15, 0.2) is 18.2 Å². The number of ether oxygens (including phenoxy) is 1. The van der Waals surface area contributed by atoms with Gasteiger partial charge in [0.25, 0.3) is 0 Å². The van der Waals surface area contributed by atoms with E-state index >= 15 is 0 Å². The first-order valence-electron chi connectivity index (χ1n) is 5.42. The molecular weight excluding hydrogens is 204 g/mol. The fraction of sp³-hybridized carbons (Fsp3) is 0.417. The molecule has 1 aliphatic rings. The lowest BCUT2D eigenvalue weighted by atomic mass is 10.1. The van der Waals surface area contributed by atoms with E-state index in [1.165, 1.54) is 20.0 Å². The molecule has 0 spiro atoms. The Labute approximate surface area is 94.8 Å². The summed E-state index contributed by atoms with van der Waals surface area (Å²) in [4.78, 5) is 11.5. The summed E-state index contributed by atoms with van der Waals surface area (Å²) >= 11 is 0. The second-order valence-electron chi connectivity index (χ2n) is 4.12. The van der Waals surface area contributed by atoms with Crippen LogP contribution in [0.2, 0.25) is 0 Å². The number of nitrogens with one attached hydrogen (secondary N) is 1. The first-order valence-corrected chi connectivity index (χ1v) is 5.42. The Morgan fingerprint density at radius 1 is 1.56 bits per heavy atom. The molecule has 0 radical (unpaired) electrons. The predicted molar refractivity (Wildman–Crippen MR) is 63.4 cm³/mol. The van der Waals surface area contributed by atoms with Gasteiger partial charge in [0.2, 0.25) is 0 Å². The number of nitrogen functional groups attached to an aromatic ring is 1. The summed E-state index contributed by atoms with van der Waals surface area (Å²) in [5, 5.41) is 3.26. The molecule has 2 rings (SSSR count). The topological polar surface area (TPSA) is 64.3 Å². The second kappa shape index (κ2) is 4.43. The molecule has 86 valence electrons. The lowest BCUT2D eigenvalue weighted by Gasteiger charge is -2.10. The van der Waals surface area contributed by atoms with Gasteiger partial charge in [-0.1, -0.05) is 0 Å². The molecule has 0 heterocycles. The lowest BCUT2D eigenvalue weighted by Crippen LogP contribution is -2.10. The minimum absolute atomic E-state index is 0.356. The fourth-order valence-corrected chi connectivity index (χ4v) is 1.57. The van der Waals surface area contributed by atoms with Gasteiger partial charge in [0.15, 0.2) is 0 Å². The van der Waals surface area contributed by atoms with E-state index in [0.29, 0.717) is 11.3 Å². The third kappa shape index (κ3) is 2.45. The highest BCUT2D eigenvalue weighted by Gasteiger charge is 2.21. The molecule has 0 saturated heterocycles. The van der Waals surface area contributed by atoms with Crippen LogP contribution < -0.4 is 11.1 Å². The van der Waals surface area contributed by atoms with E-state index in [1.54, 1.807) is 12.1 Å². The number of anilines is 2. The highest BCUT2D eigenvalue weighted by atomic mass is 16.5. The van der Waals surface area contributed by atoms with Crippen LogP contribution in [0.4, 0.5) is 11.4 Å². The van der Waals surface area contributed by atoms with E-state index in [1.807, 2.05) is 6.07 Å². The summed E-state index contributed by atoms with van der Waals surface area (Å²) < 4.78 is 4.72. The number of rotatable bonds is 4. The van der Waals surface area contributed by atoms with E-state index in [9.17, 15) is 4.79 Å². The van der Waals surface area contributed by atoms with E-state index in [2.05, 4.69) is 5.32 Å². The Hall–Kier alpha value is -1.71. The van der Waals surface area contributed by atoms with Crippen LogP contribution in [0.3, 0.4) is 0 Å². The minimum atomic E-state index is -0.356. The highest BCUT2D eigenvalue weighted by molar-refractivity contribution is 5.96. The number of hydrogen-bond donors (Lipinski definition) is 2. The molecule has 0 amide bonds. The smallest absolute Gasteiger partial charge is 0.340 e. The summed E-state index contributed by atoms with van der Waals surface area (Å²) in [6.45, 7) is 0.911. The molecular formula is C12H16N2O2. The van der Waals surface area contributed by atoms with Gasteiger partial charge < -0.3 is 15.8 Å². The van der Waals surface area contributed by atoms with Gasteiger partial charge in [0, 0.05) is 17.9 Å². The standard InChI is InChI=1S/C12H16N2O2/c1-16-12(15)10-6-9(13)4-5-11(10)14-7-8-2-3-8/h4-6,8,14H,2-3,7,13H2,1H3. The Balaban J connectivity index is 2.16. The van der Waals surface area contributed by atoms with Crippen molar-refractivity contribution in [3.63, 3.8) is 0 Å². The molecule has 0 unspecified atom stereocenters. The number of hydrogen-bond acceptors (Lipinski definition) is 4. The van der Waals surface area contributed by atoms with Gasteiger partial charge >= 0.3 is 5.97 Å². The Bertz CT molecular complexity index is 400. The normalized spacial score (nSPS) is 14.6. The third-order valence-electron chi connectivity index (χ3n) is 2.73. The average Bonchev–Trinajstić information content (AvgIpc) is 3.10. The molecule has 0 bridgehead atoms. The van der Waals surface area contributed by atoms with Crippen LogP contribution in [-0.4, -0.2) is 19.6 Å². The van der Waals surface area contributed by atoms with E-state index in [4.69, 9.17) is 10.5 Å². The van der Waals surface area contributed by atoms with Gasteiger partial charge in [0.1, 0.15) is 0 Å². The maximum absolute atomic E-state index is 11.5. The molecule has 1 saturated carbocycles.